The molecule has 0 unspecified atom stereocenters. The third-order valence-electron chi connectivity index (χ3n) is 3.17. The quantitative estimate of drug-likeness (QED) is 0.865. The van der Waals surface area contributed by atoms with E-state index in [2.05, 4.69) is 26.0 Å². The van der Waals surface area contributed by atoms with Gasteiger partial charge >= 0.3 is 0 Å². The maximum absolute atomic E-state index is 12.3. The van der Waals surface area contributed by atoms with E-state index in [-0.39, 0.29) is 0 Å². The van der Waals surface area contributed by atoms with Crippen LogP contribution in [0.15, 0.2) is 32.3 Å². The summed E-state index contributed by atoms with van der Waals surface area (Å²) in [5.41, 5.74) is 3.76. The lowest BCUT2D eigenvalue weighted by atomic mass is 10.1. The maximum atomic E-state index is 12.3. The molecule has 0 atom stereocenters. The highest BCUT2D eigenvalue weighted by atomic mass is 79.9. The predicted octanol–water partition coefficient (Wildman–Crippen LogP) is 3.59. The van der Waals surface area contributed by atoms with E-state index >= 15 is 0 Å². The molecule has 2 N–H and O–H groups in total. The van der Waals surface area contributed by atoms with Crippen LogP contribution in [0.2, 0.25) is 0 Å². The molecule has 0 saturated carbocycles. The zero-order chi connectivity index (χ0) is 14.3. The average molecular weight is 373 g/mol. The van der Waals surface area contributed by atoms with Crippen molar-refractivity contribution in [1.29, 1.82) is 0 Å². The van der Waals surface area contributed by atoms with E-state index in [1.165, 1.54) is 11.3 Å². The highest BCUT2D eigenvalue weighted by molar-refractivity contribution is 9.11. The van der Waals surface area contributed by atoms with Crippen molar-refractivity contribution in [3.63, 3.8) is 0 Å². The summed E-state index contributed by atoms with van der Waals surface area (Å²) in [6.45, 7) is 2.78. The maximum Gasteiger partial charge on any atom is 0.271 e. The number of anilines is 2. The molecule has 1 aromatic carbocycles. The van der Waals surface area contributed by atoms with Crippen LogP contribution in [0.4, 0.5) is 11.4 Å². The van der Waals surface area contributed by atoms with Crippen LogP contribution in [-0.4, -0.2) is 15.0 Å². The van der Waals surface area contributed by atoms with Gasteiger partial charge in [-0.25, -0.2) is 8.42 Å². The normalized spacial score (nSPS) is 13.9. The van der Waals surface area contributed by atoms with Crippen molar-refractivity contribution >= 4 is 48.7 Å². The van der Waals surface area contributed by atoms with Gasteiger partial charge in [-0.3, -0.25) is 4.72 Å². The van der Waals surface area contributed by atoms with Crippen LogP contribution >= 0.6 is 27.3 Å². The third kappa shape index (κ3) is 2.57. The first-order valence-electron chi connectivity index (χ1n) is 6.11. The number of halogens is 1. The molecular formula is C13H13BrN2O2S2. The van der Waals surface area contributed by atoms with Crippen molar-refractivity contribution in [2.75, 3.05) is 16.6 Å². The summed E-state index contributed by atoms with van der Waals surface area (Å²) in [6.07, 6.45) is 0.925. The Morgan fingerprint density at radius 1 is 1.35 bits per heavy atom. The van der Waals surface area contributed by atoms with Crippen molar-refractivity contribution < 1.29 is 8.42 Å². The van der Waals surface area contributed by atoms with Gasteiger partial charge in [-0.05, 0) is 64.7 Å². The summed E-state index contributed by atoms with van der Waals surface area (Å²) in [5, 5.41) is 3.25. The van der Waals surface area contributed by atoms with E-state index in [1.807, 2.05) is 19.1 Å². The molecule has 4 nitrogen and oxygen atoms in total. The lowest BCUT2D eigenvalue weighted by molar-refractivity contribution is 0.603. The van der Waals surface area contributed by atoms with Crippen LogP contribution in [-0.2, 0) is 16.4 Å². The summed E-state index contributed by atoms with van der Waals surface area (Å²) >= 11 is 4.57. The van der Waals surface area contributed by atoms with Gasteiger partial charge in [0.15, 0.2) is 0 Å². The lowest BCUT2D eigenvalue weighted by Crippen LogP contribution is -2.11. The molecule has 2 aromatic rings. The topological polar surface area (TPSA) is 58.2 Å². The smallest absolute Gasteiger partial charge is 0.271 e. The summed E-state index contributed by atoms with van der Waals surface area (Å²) in [4.78, 5) is 0. The zero-order valence-corrected chi connectivity index (χ0v) is 14.0. The molecule has 0 radical (unpaired) electrons. The van der Waals surface area contributed by atoms with Crippen molar-refractivity contribution in [2.24, 2.45) is 0 Å². The molecule has 0 fully saturated rings. The number of aryl methyl sites for hydroxylation is 1. The van der Waals surface area contributed by atoms with Crippen LogP contribution in [0.3, 0.4) is 0 Å². The fraction of sp³-hybridized carbons (Fsp3) is 0.231. The van der Waals surface area contributed by atoms with Crippen LogP contribution in [0.5, 0.6) is 0 Å². The van der Waals surface area contributed by atoms with Gasteiger partial charge in [0.05, 0.1) is 3.79 Å². The second kappa shape index (κ2) is 5.05. The van der Waals surface area contributed by atoms with Gasteiger partial charge in [-0.2, -0.15) is 0 Å². The first-order valence-corrected chi connectivity index (χ1v) is 9.20. The Morgan fingerprint density at radius 3 is 2.85 bits per heavy atom. The molecule has 0 spiro atoms. The summed E-state index contributed by atoms with van der Waals surface area (Å²) in [5.74, 6) is 0. The van der Waals surface area contributed by atoms with Gasteiger partial charge < -0.3 is 5.32 Å². The van der Waals surface area contributed by atoms with Crippen LogP contribution < -0.4 is 10.0 Å². The summed E-state index contributed by atoms with van der Waals surface area (Å²) in [6, 6.07) is 7.26. The second-order valence-electron chi connectivity index (χ2n) is 4.68. The Hall–Kier alpha value is -1.05. The molecule has 1 aromatic heterocycles. The highest BCUT2D eigenvalue weighted by Crippen LogP contribution is 2.32. The molecule has 2 heterocycles. The van der Waals surface area contributed by atoms with E-state index in [1.54, 1.807) is 12.1 Å². The van der Waals surface area contributed by atoms with Crippen molar-refractivity contribution in [3.8, 4) is 0 Å². The zero-order valence-electron chi connectivity index (χ0n) is 10.7. The fourth-order valence-corrected chi connectivity index (χ4v) is 5.41. The summed E-state index contributed by atoms with van der Waals surface area (Å²) in [7, 11) is -3.51. The molecule has 3 rings (SSSR count). The van der Waals surface area contributed by atoms with E-state index in [0.717, 1.165) is 33.6 Å². The van der Waals surface area contributed by atoms with Crippen molar-refractivity contribution in [1.82, 2.24) is 0 Å². The minimum atomic E-state index is -3.51. The molecule has 7 heteroatoms. The molecule has 1 aliphatic rings. The summed E-state index contributed by atoms with van der Waals surface area (Å²) < 4.78 is 28.5. The molecule has 20 heavy (non-hydrogen) atoms. The number of sulfonamides is 1. The third-order valence-corrected chi connectivity index (χ3v) is 7.16. The second-order valence-corrected chi connectivity index (χ2v) is 8.96. The van der Waals surface area contributed by atoms with E-state index in [4.69, 9.17) is 0 Å². The van der Waals surface area contributed by atoms with Gasteiger partial charge in [0, 0.05) is 17.9 Å². The number of benzene rings is 1. The van der Waals surface area contributed by atoms with Gasteiger partial charge in [0.2, 0.25) is 0 Å². The van der Waals surface area contributed by atoms with Crippen LogP contribution in [0.25, 0.3) is 0 Å². The number of nitrogens with one attached hydrogen (secondary N) is 2. The van der Waals surface area contributed by atoms with Gasteiger partial charge in [0.25, 0.3) is 10.0 Å². The molecular weight excluding hydrogens is 360 g/mol. The Balaban J connectivity index is 1.90. The van der Waals surface area contributed by atoms with Crippen LogP contribution in [0, 0.1) is 6.92 Å². The van der Waals surface area contributed by atoms with E-state index in [0.29, 0.717) is 9.90 Å². The SMILES string of the molecule is Cc1cc(S(=O)(=O)Nc2ccc3c(c2)CCN3)sc1Br. The monoisotopic (exact) mass is 372 g/mol. The number of hydrogen-bond donors (Lipinski definition) is 2. The minimum Gasteiger partial charge on any atom is -0.384 e. The fourth-order valence-electron chi connectivity index (χ4n) is 2.14. The Kier molecular flexibility index (Phi) is 3.51. The Bertz CT molecular complexity index is 749. The Morgan fingerprint density at radius 2 is 2.15 bits per heavy atom. The van der Waals surface area contributed by atoms with Gasteiger partial charge in [-0.1, -0.05) is 0 Å². The minimum absolute atomic E-state index is 0.320. The number of thiophene rings is 1. The first kappa shape index (κ1) is 13.9. The molecule has 0 amide bonds. The van der Waals surface area contributed by atoms with Crippen molar-refractivity contribution in [2.45, 2.75) is 17.6 Å². The standard InChI is InChI=1S/C13H13BrN2O2S2/c1-8-6-12(19-13(8)14)20(17,18)16-10-2-3-11-9(7-10)4-5-15-11/h2-3,6-7,15-16H,4-5H2,1H3. The van der Waals surface area contributed by atoms with Gasteiger partial charge in [-0.15, -0.1) is 11.3 Å². The molecule has 0 saturated heterocycles. The molecule has 106 valence electrons. The van der Waals surface area contributed by atoms with Gasteiger partial charge in [0.1, 0.15) is 4.21 Å². The van der Waals surface area contributed by atoms with E-state index in [9.17, 15) is 8.42 Å². The lowest BCUT2D eigenvalue weighted by Gasteiger charge is -2.08. The number of hydrogen-bond acceptors (Lipinski definition) is 4. The molecule has 0 bridgehead atoms. The number of rotatable bonds is 3. The number of fused-ring (bicyclic) bond motifs is 1. The highest BCUT2D eigenvalue weighted by Gasteiger charge is 2.19. The van der Waals surface area contributed by atoms with Crippen molar-refractivity contribution in [3.05, 3.63) is 39.2 Å². The average Bonchev–Trinajstić information content (AvgIpc) is 2.96. The molecule has 0 aliphatic carbocycles. The predicted molar refractivity (Wildman–Crippen MR) is 86.2 cm³/mol. The molecule has 1 aliphatic heterocycles. The van der Waals surface area contributed by atoms with Crippen LogP contribution in [0.1, 0.15) is 11.1 Å². The van der Waals surface area contributed by atoms with E-state index < -0.39 is 10.0 Å². The first-order chi connectivity index (χ1) is 9.45. The largest absolute Gasteiger partial charge is 0.384 e. The Labute approximate surface area is 130 Å².